The highest BCUT2D eigenvalue weighted by Gasteiger charge is 2.35. The molecular formula is C21H26N2O4. The molecule has 2 aromatic rings. The Morgan fingerprint density at radius 1 is 1.19 bits per heavy atom. The van der Waals surface area contributed by atoms with Crippen molar-refractivity contribution < 1.29 is 18.8 Å². The van der Waals surface area contributed by atoms with Crippen LogP contribution in [0, 0.1) is 13.8 Å². The van der Waals surface area contributed by atoms with Gasteiger partial charge in [0.05, 0.1) is 30.9 Å². The maximum absolute atomic E-state index is 13.3. The molecule has 1 fully saturated rings. The molecule has 1 aromatic carbocycles. The summed E-state index contributed by atoms with van der Waals surface area (Å²) < 4.78 is 16.8. The van der Waals surface area contributed by atoms with Crippen molar-refractivity contribution in [1.82, 2.24) is 10.1 Å². The fourth-order valence-electron chi connectivity index (χ4n) is 4.24. The minimum Gasteiger partial charge on any atom is -0.490 e. The minimum absolute atomic E-state index is 0.0672. The van der Waals surface area contributed by atoms with Gasteiger partial charge in [0.1, 0.15) is 5.76 Å². The van der Waals surface area contributed by atoms with E-state index < -0.39 is 0 Å². The van der Waals surface area contributed by atoms with Crippen molar-refractivity contribution >= 4 is 5.91 Å². The zero-order chi connectivity index (χ0) is 19.0. The Morgan fingerprint density at radius 3 is 2.70 bits per heavy atom. The number of aryl methyl sites for hydroxylation is 2. The number of carbonyl (C=O) groups excluding carboxylic acids is 1. The lowest BCUT2D eigenvalue weighted by Crippen LogP contribution is -2.34. The summed E-state index contributed by atoms with van der Waals surface area (Å²) in [5.74, 6) is 2.15. The van der Waals surface area contributed by atoms with E-state index >= 15 is 0 Å². The average molecular weight is 370 g/mol. The Labute approximate surface area is 159 Å². The van der Waals surface area contributed by atoms with Gasteiger partial charge in [0.25, 0.3) is 0 Å². The van der Waals surface area contributed by atoms with Crippen LogP contribution in [0.2, 0.25) is 0 Å². The van der Waals surface area contributed by atoms with Crippen LogP contribution in [-0.4, -0.2) is 35.7 Å². The molecule has 0 N–H and O–H groups in total. The Balaban J connectivity index is 1.59. The average Bonchev–Trinajstić information content (AvgIpc) is 3.20. The van der Waals surface area contributed by atoms with Gasteiger partial charge in [-0.3, -0.25) is 4.79 Å². The van der Waals surface area contributed by atoms with Gasteiger partial charge in [-0.25, -0.2) is 0 Å². The smallest absolute Gasteiger partial charge is 0.230 e. The van der Waals surface area contributed by atoms with E-state index in [4.69, 9.17) is 14.0 Å². The summed E-state index contributed by atoms with van der Waals surface area (Å²) in [4.78, 5) is 15.3. The summed E-state index contributed by atoms with van der Waals surface area (Å²) in [6.45, 7) is 7.80. The van der Waals surface area contributed by atoms with E-state index in [0.717, 1.165) is 59.9 Å². The zero-order valence-corrected chi connectivity index (χ0v) is 16.2. The maximum Gasteiger partial charge on any atom is 0.230 e. The molecule has 27 heavy (non-hydrogen) atoms. The molecule has 2 aliphatic rings. The first-order valence-electron chi connectivity index (χ1n) is 9.69. The fourth-order valence-corrected chi connectivity index (χ4v) is 4.24. The van der Waals surface area contributed by atoms with Crippen molar-refractivity contribution in [1.29, 1.82) is 0 Å². The third-order valence-corrected chi connectivity index (χ3v) is 5.58. The highest BCUT2D eigenvalue weighted by molar-refractivity contribution is 5.84. The molecule has 144 valence electrons. The van der Waals surface area contributed by atoms with E-state index in [1.54, 1.807) is 0 Å². The van der Waals surface area contributed by atoms with Gasteiger partial charge < -0.3 is 18.9 Å². The SMILES string of the molecule is Cc1noc(C)c1[C@H](C)C(=O)N1CCC[C@H]1c1ccc2c(c1)OCCCO2. The third kappa shape index (κ3) is 3.29. The Morgan fingerprint density at radius 2 is 1.96 bits per heavy atom. The first kappa shape index (κ1) is 17.9. The molecule has 2 atom stereocenters. The van der Waals surface area contributed by atoms with Gasteiger partial charge >= 0.3 is 0 Å². The minimum atomic E-state index is -0.266. The topological polar surface area (TPSA) is 64.8 Å². The lowest BCUT2D eigenvalue weighted by molar-refractivity contribution is -0.133. The second-order valence-electron chi connectivity index (χ2n) is 7.41. The van der Waals surface area contributed by atoms with E-state index in [-0.39, 0.29) is 17.9 Å². The van der Waals surface area contributed by atoms with E-state index in [9.17, 15) is 4.79 Å². The fraction of sp³-hybridized carbons (Fsp3) is 0.524. The van der Waals surface area contributed by atoms with Crippen molar-refractivity contribution in [3.8, 4) is 11.5 Å². The van der Waals surface area contributed by atoms with Crippen LogP contribution < -0.4 is 9.47 Å². The largest absolute Gasteiger partial charge is 0.490 e. The molecule has 6 heteroatoms. The normalized spacial score (nSPS) is 20.4. The Bertz CT molecular complexity index is 825. The van der Waals surface area contributed by atoms with Crippen LogP contribution in [0.15, 0.2) is 22.7 Å². The van der Waals surface area contributed by atoms with Crippen LogP contribution in [0.1, 0.15) is 60.7 Å². The van der Waals surface area contributed by atoms with Crippen LogP contribution in [-0.2, 0) is 4.79 Å². The van der Waals surface area contributed by atoms with Gasteiger partial charge in [0, 0.05) is 18.5 Å². The standard InChI is InChI=1S/C21H26N2O4/c1-13(20-14(2)22-27-15(20)3)21(24)23-9-4-6-17(23)16-7-8-18-19(12-16)26-11-5-10-25-18/h7-8,12-13,17H,4-6,9-11H2,1-3H3/t13-,17-/m0/s1. The van der Waals surface area contributed by atoms with Crippen molar-refractivity contribution in [3.05, 3.63) is 40.8 Å². The number of likely N-dealkylation sites (tertiary alicyclic amines) is 1. The van der Waals surface area contributed by atoms with Crippen LogP contribution in [0.25, 0.3) is 0 Å². The molecule has 4 rings (SSSR count). The number of fused-ring (bicyclic) bond motifs is 1. The molecule has 0 aliphatic carbocycles. The van der Waals surface area contributed by atoms with Gasteiger partial charge in [-0.1, -0.05) is 11.2 Å². The number of ether oxygens (including phenoxy) is 2. The number of aromatic nitrogens is 1. The number of benzene rings is 1. The Hall–Kier alpha value is -2.50. The number of amides is 1. The lowest BCUT2D eigenvalue weighted by atomic mass is 9.96. The maximum atomic E-state index is 13.3. The van der Waals surface area contributed by atoms with Gasteiger partial charge in [-0.2, -0.15) is 0 Å². The summed E-state index contributed by atoms with van der Waals surface area (Å²) in [5.41, 5.74) is 2.81. The van der Waals surface area contributed by atoms with Crippen molar-refractivity contribution in [2.75, 3.05) is 19.8 Å². The molecule has 1 saturated heterocycles. The van der Waals surface area contributed by atoms with Crippen LogP contribution >= 0.6 is 0 Å². The zero-order valence-electron chi connectivity index (χ0n) is 16.2. The first-order chi connectivity index (χ1) is 13.1. The predicted molar refractivity (Wildman–Crippen MR) is 100 cm³/mol. The number of nitrogens with zero attached hydrogens (tertiary/aromatic N) is 2. The predicted octanol–water partition coefficient (Wildman–Crippen LogP) is 3.92. The second-order valence-corrected chi connectivity index (χ2v) is 7.41. The van der Waals surface area contributed by atoms with Crippen molar-refractivity contribution in [3.63, 3.8) is 0 Å². The first-order valence-corrected chi connectivity index (χ1v) is 9.69. The van der Waals surface area contributed by atoms with Crippen molar-refractivity contribution in [2.24, 2.45) is 0 Å². The summed E-state index contributed by atoms with van der Waals surface area (Å²) in [7, 11) is 0. The third-order valence-electron chi connectivity index (χ3n) is 5.58. The van der Waals surface area contributed by atoms with Crippen LogP contribution in [0.4, 0.5) is 0 Å². The molecule has 0 unspecified atom stereocenters. The molecule has 3 heterocycles. The van der Waals surface area contributed by atoms with Gasteiger partial charge in [0.15, 0.2) is 11.5 Å². The summed E-state index contributed by atoms with van der Waals surface area (Å²) in [6.07, 6.45) is 2.84. The molecule has 0 radical (unpaired) electrons. The van der Waals surface area contributed by atoms with Gasteiger partial charge in [-0.05, 0) is 51.3 Å². The highest BCUT2D eigenvalue weighted by atomic mass is 16.5. The molecule has 1 aromatic heterocycles. The number of carbonyl (C=O) groups is 1. The van der Waals surface area contributed by atoms with E-state index in [1.807, 2.05) is 37.8 Å². The molecule has 0 saturated carbocycles. The summed E-state index contributed by atoms with van der Waals surface area (Å²) in [6, 6.07) is 6.13. The number of hydrogen-bond donors (Lipinski definition) is 0. The van der Waals surface area contributed by atoms with Crippen LogP contribution in [0.5, 0.6) is 11.5 Å². The summed E-state index contributed by atoms with van der Waals surface area (Å²) in [5, 5.41) is 4.00. The van der Waals surface area contributed by atoms with Crippen LogP contribution in [0.3, 0.4) is 0 Å². The molecule has 0 bridgehead atoms. The molecule has 0 spiro atoms. The number of rotatable bonds is 3. The summed E-state index contributed by atoms with van der Waals surface area (Å²) >= 11 is 0. The lowest BCUT2D eigenvalue weighted by Gasteiger charge is -2.28. The highest BCUT2D eigenvalue weighted by Crippen LogP contribution is 2.39. The van der Waals surface area contributed by atoms with Gasteiger partial charge in [-0.15, -0.1) is 0 Å². The monoisotopic (exact) mass is 370 g/mol. The number of hydrogen-bond acceptors (Lipinski definition) is 5. The second kappa shape index (κ2) is 7.25. The molecule has 2 aliphatic heterocycles. The molecule has 1 amide bonds. The van der Waals surface area contributed by atoms with Gasteiger partial charge in [0.2, 0.25) is 5.91 Å². The Kier molecular flexibility index (Phi) is 4.81. The van der Waals surface area contributed by atoms with E-state index in [0.29, 0.717) is 13.2 Å². The molecule has 6 nitrogen and oxygen atoms in total. The van der Waals surface area contributed by atoms with E-state index in [1.165, 1.54) is 0 Å². The quantitative estimate of drug-likeness (QED) is 0.819. The van der Waals surface area contributed by atoms with E-state index in [2.05, 4.69) is 11.2 Å². The molecular weight excluding hydrogens is 344 g/mol. The van der Waals surface area contributed by atoms with Crippen molar-refractivity contribution in [2.45, 2.75) is 52.0 Å².